The van der Waals surface area contributed by atoms with Crippen LogP contribution in [0.3, 0.4) is 0 Å². The van der Waals surface area contributed by atoms with Crippen LogP contribution in [0.25, 0.3) is 0 Å². The van der Waals surface area contributed by atoms with Crippen molar-refractivity contribution in [2.24, 2.45) is 5.41 Å². The van der Waals surface area contributed by atoms with Gasteiger partial charge in [0.1, 0.15) is 6.04 Å². The van der Waals surface area contributed by atoms with E-state index in [1.54, 1.807) is 38.1 Å². The van der Waals surface area contributed by atoms with E-state index in [0.29, 0.717) is 22.3 Å². The monoisotopic (exact) mass is 553 g/mol. The molecule has 1 amide bonds. The van der Waals surface area contributed by atoms with E-state index in [1.807, 2.05) is 6.92 Å². The fourth-order valence-electron chi connectivity index (χ4n) is 3.75. The number of ketones is 1. The Morgan fingerprint density at radius 1 is 1.15 bits per heavy atom. The lowest BCUT2D eigenvalue weighted by Crippen LogP contribution is -2.51. The first kappa shape index (κ1) is 25.2. The number of hydrogen-bond acceptors (Lipinski definition) is 5. The van der Waals surface area contributed by atoms with Gasteiger partial charge in [0.25, 0.3) is 5.91 Å². The lowest BCUT2D eigenvalue weighted by atomic mass is 9.74. The molecule has 0 fully saturated rings. The van der Waals surface area contributed by atoms with Crippen molar-refractivity contribution in [2.75, 3.05) is 5.32 Å². The predicted molar refractivity (Wildman–Crippen MR) is 131 cm³/mol. The zero-order valence-electron chi connectivity index (χ0n) is 18.1. The third kappa shape index (κ3) is 4.93. The number of aromatic nitrogens is 1. The molecule has 33 heavy (non-hydrogen) atoms. The normalized spacial score (nSPS) is 16.6. The van der Waals surface area contributed by atoms with E-state index in [4.69, 9.17) is 23.2 Å². The lowest BCUT2D eigenvalue weighted by Gasteiger charge is -2.39. The molecule has 0 spiro atoms. The van der Waals surface area contributed by atoms with Crippen molar-refractivity contribution in [3.05, 3.63) is 68.0 Å². The van der Waals surface area contributed by atoms with Gasteiger partial charge in [-0.1, -0.05) is 42.3 Å². The molecule has 2 atom stereocenters. The Bertz CT molecular complexity index is 1130. The summed E-state index contributed by atoms with van der Waals surface area (Å²) < 4.78 is 0.375. The summed E-state index contributed by atoms with van der Waals surface area (Å²) in [5.41, 5.74) is 1.20. The van der Waals surface area contributed by atoms with E-state index in [1.165, 1.54) is 12.4 Å². The molecule has 1 aliphatic rings. The van der Waals surface area contributed by atoms with Crippen molar-refractivity contribution in [3.8, 4) is 0 Å². The summed E-state index contributed by atoms with van der Waals surface area (Å²) in [5, 5.41) is 16.0. The molecule has 0 aliphatic heterocycles. The van der Waals surface area contributed by atoms with Crippen molar-refractivity contribution in [2.45, 2.75) is 39.2 Å². The zero-order valence-corrected chi connectivity index (χ0v) is 21.2. The van der Waals surface area contributed by atoms with Crippen LogP contribution in [0.4, 0.5) is 5.69 Å². The Kier molecular flexibility index (Phi) is 7.51. The van der Waals surface area contributed by atoms with Crippen LogP contribution in [-0.2, 0) is 9.59 Å². The number of aliphatic carboxylic acids is 1. The van der Waals surface area contributed by atoms with Gasteiger partial charge in [0.05, 0.1) is 25.5 Å². The number of carbonyl (C=O) groups is 3. The number of halogens is 3. The molecule has 0 radical (unpaired) electrons. The number of hydrogen-bond donors (Lipinski definition) is 3. The molecular weight excluding hydrogens is 533 g/mol. The van der Waals surface area contributed by atoms with Crippen molar-refractivity contribution in [1.82, 2.24) is 10.3 Å². The van der Waals surface area contributed by atoms with E-state index in [0.717, 1.165) is 5.56 Å². The van der Waals surface area contributed by atoms with Crippen LogP contribution in [0.1, 0.15) is 49.0 Å². The molecule has 1 aliphatic carbocycles. The van der Waals surface area contributed by atoms with Crippen molar-refractivity contribution in [1.29, 1.82) is 0 Å². The van der Waals surface area contributed by atoms with E-state index in [9.17, 15) is 19.5 Å². The second kappa shape index (κ2) is 9.83. The number of Topliss-reactive ketones (excluding diaryl/α,β-unsaturated/α-hetero) is 1. The van der Waals surface area contributed by atoms with Crippen LogP contribution >= 0.6 is 39.1 Å². The SMILES string of the molecule is CCC(c1ccc(NC(=O)c2c(Cl)cncc2Cl)cc1)[C@H](NC1=C(Br)C(=O)C1(C)C)C(=O)O. The van der Waals surface area contributed by atoms with Crippen molar-refractivity contribution >= 4 is 62.5 Å². The van der Waals surface area contributed by atoms with Gasteiger partial charge in [-0.25, -0.2) is 4.79 Å². The smallest absolute Gasteiger partial charge is 0.326 e. The second-order valence-corrected chi connectivity index (χ2v) is 9.78. The summed E-state index contributed by atoms with van der Waals surface area (Å²) in [6.07, 6.45) is 3.21. The van der Waals surface area contributed by atoms with Crippen LogP contribution in [0.5, 0.6) is 0 Å². The van der Waals surface area contributed by atoms with Gasteiger partial charge in [0.15, 0.2) is 5.78 Å². The van der Waals surface area contributed by atoms with Gasteiger partial charge in [-0.15, -0.1) is 0 Å². The van der Waals surface area contributed by atoms with Crippen LogP contribution in [0.15, 0.2) is 46.8 Å². The third-order valence-electron chi connectivity index (χ3n) is 5.70. The standard InChI is InChI=1S/C23H22BrCl2N3O4/c1-4-13(18(22(32)33)29-19-17(24)20(30)23(19,2)3)11-5-7-12(8-6-11)28-21(31)16-14(25)9-27-10-15(16)26/h5-10,13,18,29H,4H2,1-3H3,(H,28,31)(H,32,33)/t13?,18-/m0/s1. The van der Waals surface area contributed by atoms with Crippen LogP contribution in [0.2, 0.25) is 10.0 Å². The highest BCUT2D eigenvalue weighted by Gasteiger charge is 2.47. The van der Waals surface area contributed by atoms with E-state index >= 15 is 0 Å². The number of benzene rings is 1. The Hall–Kier alpha value is -2.42. The summed E-state index contributed by atoms with van der Waals surface area (Å²) >= 11 is 15.3. The number of allylic oxidation sites excluding steroid dienone is 2. The molecule has 10 heteroatoms. The number of anilines is 1. The number of carbonyl (C=O) groups excluding carboxylic acids is 2. The topological polar surface area (TPSA) is 108 Å². The lowest BCUT2D eigenvalue weighted by molar-refractivity contribution is -0.140. The molecule has 3 N–H and O–H groups in total. The van der Waals surface area contributed by atoms with E-state index in [-0.39, 0.29) is 27.3 Å². The summed E-state index contributed by atoms with van der Waals surface area (Å²) in [7, 11) is 0. The highest BCUT2D eigenvalue weighted by atomic mass is 79.9. The molecule has 1 aromatic carbocycles. The van der Waals surface area contributed by atoms with Crippen molar-refractivity contribution in [3.63, 3.8) is 0 Å². The first-order valence-electron chi connectivity index (χ1n) is 10.1. The number of carboxylic acid groups (broad SMARTS) is 1. The second-order valence-electron chi connectivity index (χ2n) is 8.17. The molecule has 0 saturated carbocycles. The molecule has 3 rings (SSSR count). The van der Waals surface area contributed by atoms with E-state index < -0.39 is 23.3 Å². The van der Waals surface area contributed by atoms with Gasteiger partial charge in [0, 0.05) is 29.7 Å². The molecule has 1 unspecified atom stereocenters. The molecule has 2 aromatic rings. The summed E-state index contributed by atoms with van der Waals surface area (Å²) in [6.45, 7) is 5.40. The fraction of sp³-hybridized carbons (Fsp3) is 0.304. The van der Waals surface area contributed by atoms with Crippen LogP contribution < -0.4 is 10.6 Å². The van der Waals surface area contributed by atoms with Crippen molar-refractivity contribution < 1.29 is 19.5 Å². The Balaban J connectivity index is 1.81. The summed E-state index contributed by atoms with van der Waals surface area (Å²) in [4.78, 5) is 40.6. The quantitative estimate of drug-likeness (QED) is 0.403. The molecular formula is C23H22BrCl2N3O4. The first-order valence-corrected chi connectivity index (χ1v) is 11.7. The average molecular weight is 555 g/mol. The fourth-order valence-corrected chi connectivity index (χ4v) is 5.39. The minimum atomic E-state index is -1.02. The number of carboxylic acids is 1. The highest BCUT2D eigenvalue weighted by molar-refractivity contribution is 9.12. The molecule has 0 bridgehead atoms. The molecule has 174 valence electrons. The van der Waals surface area contributed by atoms with Gasteiger partial charge >= 0.3 is 5.97 Å². The number of rotatable bonds is 8. The molecule has 1 heterocycles. The largest absolute Gasteiger partial charge is 0.480 e. The number of nitrogens with one attached hydrogen (secondary N) is 2. The summed E-state index contributed by atoms with van der Waals surface area (Å²) in [5.74, 6) is -1.96. The Labute approximate surface area is 209 Å². The summed E-state index contributed by atoms with van der Waals surface area (Å²) in [6, 6.07) is 5.95. The third-order valence-corrected chi connectivity index (χ3v) is 7.03. The van der Waals surface area contributed by atoms with Gasteiger partial charge in [-0.3, -0.25) is 14.6 Å². The highest BCUT2D eigenvalue weighted by Crippen LogP contribution is 2.44. The van der Waals surface area contributed by atoms with E-state index in [2.05, 4.69) is 31.5 Å². The van der Waals surface area contributed by atoms with Gasteiger partial charge in [-0.05, 0) is 53.9 Å². The average Bonchev–Trinajstić information content (AvgIpc) is 2.76. The number of amides is 1. The first-order chi connectivity index (χ1) is 15.5. The van der Waals surface area contributed by atoms with Crippen LogP contribution in [-0.4, -0.2) is 33.8 Å². The maximum atomic E-state index is 12.6. The van der Waals surface area contributed by atoms with Gasteiger partial charge in [0.2, 0.25) is 0 Å². The van der Waals surface area contributed by atoms with Gasteiger partial charge < -0.3 is 15.7 Å². The Morgan fingerprint density at radius 2 is 1.73 bits per heavy atom. The minimum Gasteiger partial charge on any atom is -0.480 e. The van der Waals surface area contributed by atoms with Crippen LogP contribution in [0, 0.1) is 5.41 Å². The zero-order chi connectivity index (χ0) is 24.5. The minimum absolute atomic E-state index is 0.0725. The van der Waals surface area contributed by atoms with Gasteiger partial charge in [-0.2, -0.15) is 0 Å². The number of pyridine rings is 1. The maximum absolute atomic E-state index is 12.6. The molecule has 7 nitrogen and oxygen atoms in total. The maximum Gasteiger partial charge on any atom is 0.326 e. The molecule has 0 saturated heterocycles. The number of nitrogens with zero attached hydrogens (tertiary/aromatic N) is 1. The predicted octanol–water partition coefficient (Wildman–Crippen LogP) is 5.39. The Morgan fingerprint density at radius 3 is 2.21 bits per heavy atom. The molecule has 1 aromatic heterocycles.